The van der Waals surface area contributed by atoms with Crippen molar-refractivity contribution >= 4 is 6.08 Å². The van der Waals surface area contributed by atoms with E-state index in [-0.39, 0.29) is 0 Å². The van der Waals surface area contributed by atoms with Gasteiger partial charge in [0.15, 0.2) is 0 Å². The number of hydrogen-bond donors (Lipinski definition) is 1. The summed E-state index contributed by atoms with van der Waals surface area (Å²) in [6.45, 7) is 6.43. The molecule has 0 saturated carbocycles. The molecule has 0 aliphatic rings. The van der Waals surface area contributed by atoms with E-state index in [1.165, 1.54) is 16.8 Å². The Hall–Kier alpha value is -0.980. The minimum atomic E-state index is 1.13. The van der Waals surface area contributed by atoms with Gasteiger partial charge in [0.25, 0.3) is 0 Å². The van der Waals surface area contributed by atoms with Crippen molar-refractivity contribution in [3.05, 3.63) is 29.1 Å². The Bertz CT molecular complexity index is 256. The number of aromatic nitrogens is 1. The van der Waals surface area contributed by atoms with Gasteiger partial charge in [0.2, 0.25) is 0 Å². The smallest absolute Gasteiger partial charge is 0.0189 e. The van der Waals surface area contributed by atoms with E-state index >= 15 is 0 Å². The maximum absolute atomic E-state index is 3.15. The Labute approximate surface area is 68.1 Å². The van der Waals surface area contributed by atoms with Crippen molar-refractivity contribution in [2.24, 2.45) is 0 Å². The summed E-state index contributed by atoms with van der Waals surface area (Å²) in [7, 11) is 0. The molecular weight excluding hydrogens is 134 g/mol. The third kappa shape index (κ3) is 1.97. The van der Waals surface area contributed by atoms with Gasteiger partial charge in [-0.15, -0.1) is 0 Å². The molecule has 1 heteroatoms. The summed E-state index contributed by atoms with van der Waals surface area (Å²) in [4.78, 5) is 3.15. The molecule has 0 spiro atoms. The number of hydrogen-bond acceptors (Lipinski definition) is 0. The number of rotatable bonds is 2. The van der Waals surface area contributed by atoms with Crippen molar-refractivity contribution in [2.75, 3.05) is 0 Å². The summed E-state index contributed by atoms with van der Waals surface area (Å²) in [6, 6.07) is 2.11. The van der Waals surface area contributed by atoms with Gasteiger partial charge in [0.1, 0.15) is 0 Å². The standard InChI is InChI=1S/C10H15N/c1-4-8(2)7-10-5-6-11-9(10)3/h5-7,11H,4H2,1-3H3/b8-7-. The van der Waals surface area contributed by atoms with Gasteiger partial charge in [-0.1, -0.05) is 18.6 Å². The Kier molecular flexibility index (Phi) is 2.53. The number of aryl methyl sites for hydroxylation is 1. The van der Waals surface area contributed by atoms with E-state index in [2.05, 4.69) is 37.9 Å². The Morgan fingerprint density at radius 1 is 1.64 bits per heavy atom. The van der Waals surface area contributed by atoms with Crippen molar-refractivity contribution in [2.45, 2.75) is 27.2 Å². The molecule has 60 valence electrons. The largest absolute Gasteiger partial charge is 0.365 e. The molecule has 0 fully saturated rings. The SMILES string of the molecule is CC/C(C)=C\c1cc[nH]c1C. The Morgan fingerprint density at radius 3 is 2.82 bits per heavy atom. The highest BCUT2D eigenvalue weighted by atomic mass is 14.7. The Morgan fingerprint density at radius 2 is 2.36 bits per heavy atom. The molecule has 0 unspecified atom stereocenters. The van der Waals surface area contributed by atoms with Gasteiger partial charge in [0, 0.05) is 11.9 Å². The van der Waals surface area contributed by atoms with Crippen LogP contribution in [-0.2, 0) is 0 Å². The summed E-state index contributed by atoms with van der Waals surface area (Å²) < 4.78 is 0. The fraction of sp³-hybridized carbons (Fsp3) is 0.400. The van der Waals surface area contributed by atoms with Crippen molar-refractivity contribution in [1.29, 1.82) is 0 Å². The maximum atomic E-state index is 3.15. The molecule has 0 radical (unpaired) electrons. The van der Waals surface area contributed by atoms with Crippen LogP contribution in [-0.4, -0.2) is 4.98 Å². The minimum Gasteiger partial charge on any atom is -0.365 e. The van der Waals surface area contributed by atoms with Crippen LogP contribution in [0.2, 0.25) is 0 Å². The predicted molar refractivity (Wildman–Crippen MR) is 49.5 cm³/mol. The molecule has 1 nitrogen and oxygen atoms in total. The topological polar surface area (TPSA) is 15.8 Å². The molecule has 0 aliphatic carbocycles. The zero-order valence-electron chi connectivity index (χ0n) is 7.44. The second-order valence-electron chi connectivity index (χ2n) is 2.90. The first-order valence-corrected chi connectivity index (χ1v) is 4.05. The lowest BCUT2D eigenvalue weighted by atomic mass is 10.1. The lowest BCUT2D eigenvalue weighted by Crippen LogP contribution is -1.76. The lowest BCUT2D eigenvalue weighted by Gasteiger charge is -1.94. The van der Waals surface area contributed by atoms with Gasteiger partial charge in [-0.25, -0.2) is 0 Å². The van der Waals surface area contributed by atoms with Gasteiger partial charge in [-0.2, -0.15) is 0 Å². The monoisotopic (exact) mass is 149 g/mol. The van der Waals surface area contributed by atoms with Crippen LogP contribution >= 0.6 is 0 Å². The van der Waals surface area contributed by atoms with Crippen molar-refractivity contribution in [3.63, 3.8) is 0 Å². The van der Waals surface area contributed by atoms with Crippen molar-refractivity contribution < 1.29 is 0 Å². The van der Waals surface area contributed by atoms with Gasteiger partial charge in [0.05, 0.1) is 0 Å². The van der Waals surface area contributed by atoms with E-state index in [1.54, 1.807) is 0 Å². The van der Waals surface area contributed by atoms with Crippen LogP contribution < -0.4 is 0 Å². The second kappa shape index (κ2) is 3.42. The summed E-state index contributed by atoms with van der Waals surface area (Å²) in [5.74, 6) is 0. The fourth-order valence-electron chi connectivity index (χ4n) is 0.989. The average molecular weight is 149 g/mol. The first kappa shape index (κ1) is 8.12. The van der Waals surface area contributed by atoms with E-state index < -0.39 is 0 Å². The molecule has 0 aliphatic heterocycles. The highest BCUT2D eigenvalue weighted by Crippen LogP contribution is 2.11. The van der Waals surface area contributed by atoms with Gasteiger partial charge in [-0.3, -0.25) is 0 Å². The third-order valence-corrected chi connectivity index (χ3v) is 1.96. The van der Waals surface area contributed by atoms with E-state index in [4.69, 9.17) is 0 Å². The maximum Gasteiger partial charge on any atom is 0.0189 e. The normalized spacial score (nSPS) is 12.1. The molecule has 0 aromatic carbocycles. The van der Waals surface area contributed by atoms with E-state index in [0.717, 1.165) is 6.42 Å². The van der Waals surface area contributed by atoms with Crippen molar-refractivity contribution in [1.82, 2.24) is 4.98 Å². The summed E-state index contributed by atoms with van der Waals surface area (Å²) in [5.41, 5.74) is 3.98. The molecule has 1 heterocycles. The number of allylic oxidation sites excluding steroid dienone is 1. The Balaban J connectivity index is 2.86. The quantitative estimate of drug-likeness (QED) is 0.665. The molecule has 0 atom stereocenters. The molecular formula is C10H15N. The number of aromatic amines is 1. The highest BCUT2D eigenvalue weighted by molar-refractivity contribution is 5.54. The summed E-state index contributed by atoms with van der Waals surface area (Å²) in [6.07, 6.45) is 5.33. The molecule has 1 aromatic heterocycles. The van der Waals surface area contributed by atoms with Crippen LogP contribution in [0.4, 0.5) is 0 Å². The van der Waals surface area contributed by atoms with Crippen LogP contribution in [0.3, 0.4) is 0 Å². The zero-order chi connectivity index (χ0) is 8.27. The summed E-state index contributed by atoms with van der Waals surface area (Å²) >= 11 is 0. The van der Waals surface area contributed by atoms with Crippen molar-refractivity contribution in [3.8, 4) is 0 Å². The van der Waals surface area contributed by atoms with Gasteiger partial charge in [-0.05, 0) is 31.9 Å². The van der Waals surface area contributed by atoms with Gasteiger partial charge >= 0.3 is 0 Å². The second-order valence-corrected chi connectivity index (χ2v) is 2.90. The number of nitrogens with one attached hydrogen (secondary N) is 1. The van der Waals surface area contributed by atoms with Gasteiger partial charge < -0.3 is 4.98 Å². The fourth-order valence-corrected chi connectivity index (χ4v) is 0.989. The zero-order valence-corrected chi connectivity index (χ0v) is 7.44. The number of H-pyrrole nitrogens is 1. The van der Waals surface area contributed by atoms with Crippen LogP contribution in [0.25, 0.3) is 6.08 Å². The first-order chi connectivity index (χ1) is 5.24. The highest BCUT2D eigenvalue weighted by Gasteiger charge is 1.93. The van der Waals surface area contributed by atoms with E-state index in [9.17, 15) is 0 Å². The first-order valence-electron chi connectivity index (χ1n) is 4.05. The lowest BCUT2D eigenvalue weighted by molar-refractivity contribution is 1.11. The van der Waals surface area contributed by atoms with Crippen LogP contribution in [0, 0.1) is 6.92 Å². The van der Waals surface area contributed by atoms with Crippen LogP contribution in [0.1, 0.15) is 31.5 Å². The molecule has 1 aromatic rings. The van der Waals surface area contributed by atoms with E-state index in [0.29, 0.717) is 0 Å². The van der Waals surface area contributed by atoms with E-state index in [1.807, 2.05) is 6.20 Å². The third-order valence-electron chi connectivity index (χ3n) is 1.96. The molecule has 0 bridgehead atoms. The summed E-state index contributed by atoms with van der Waals surface area (Å²) in [5, 5.41) is 0. The molecule has 0 amide bonds. The predicted octanol–water partition coefficient (Wildman–Crippen LogP) is 3.14. The molecule has 0 saturated heterocycles. The molecule has 11 heavy (non-hydrogen) atoms. The molecule has 1 N–H and O–H groups in total. The van der Waals surface area contributed by atoms with Crippen LogP contribution in [0.15, 0.2) is 17.8 Å². The minimum absolute atomic E-state index is 1.13. The molecule has 1 rings (SSSR count). The van der Waals surface area contributed by atoms with Crippen LogP contribution in [0.5, 0.6) is 0 Å². The average Bonchev–Trinajstić information content (AvgIpc) is 2.37.